The van der Waals surface area contributed by atoms with E-state index >= 15 is 0 Å². The Balaban J connectivity index is 1.21. The normalized spacial score (nSPS) is 19.3. The standard InChI is InChI=1S/C35H39N5O2/c1-27-16-19-38(26-28-10-4-2-5-11-28)22-23-40(27)34(42)35(29-12-6-3-7-13-29)17-20-39(21-18-35)30-24-32(37-36-25-30)31-14-8-9-15-33(31)41/h2-15,24-25,27,41H,16-23,26H2,1H3. The van der Waals surface area contributed by atoms with Crippen LogP contribution in [-0.2, 0) is 16.8 Å². The molecule has 2 fully saturated rings. The smallest absolute Gasteiger partial charge is 0.233 e. The molecule has 216 valence electrons. The van der Waals surface area contributed by atoms with E-state index in [0.717, 1.165) is 69.8 Å². The largest absolute Gasteiger partial charge is 0.507 e. The van der Waals surface area contributed by atoms with Crippen molar-refractivity contribution in [2.24, 2.45) is 0 Å². The average Bonchev–Trinajstić information content (AvgIpc) is 3.22. The molecule has 0 saturated carbocycles. The summed E-state index contributed by atoms with van der Waals surface area (Å²) < 4.78 is 0. The molecule has 0 aliphatic carbocycles. The van der Waals surface area contributed by atoms with Gasteiger partial charge in [-0.2, -0.15) is 10.2 Å². The molecule has 1 N–H and O–H groups in total. The highest BCUT2D eigenvalue weighted by molar-refractivity contribution is 5.89. The van der Waals surface area contributed by atoms with E-state index in [4.69, 9.17) is 0 Å². The van der Waals surface area contributed by atoms with E-state index in [9.17, 15) is 9.90 Å². The highest BCUT2D eigenvalue weighted by Crippen LogP contribution is 2.40. The second kappa shape index (κ2) is 12.3. The molecule has 0 radical (unpaired) electrons. The van der Waals surface area contributed by atoms with Gasteiger partial charge in [0, 0.05) is 50.9 Å². The molecular weight excluding hydrogens is 522 g/mol. The van der Waals surface area contributed by atoms with Crippen molar-refractivity contribution in [1.82, 2.24) is 20.0 Å². The first-order chi connectivity index (χ1) is 20.5. The van der Waals surface area contributed by atoms with Crippen LogP contribution in [0.4, 0.5) is 5.69 Å². The third-order valence-corrected chi connectivity index (χ3v) is 9.10. The number of amides is 1. The number of rotatable bonds is 6. The molecule has 2 aliphatic rings. The maximum atomic E-state index is 14.7. The fourth-order valence-electron chi connectivity index (χ4n) is 6.56. The van der Waals surface area contributed by atoms with Crippen molar-refractivity contribution >= 4 is 11.6 Å². The van der Waals surface area contributed by atoms with Gasteiger partial charge in [0.1, 0.15) is 5.75 Å². The van der Waals surface area contributed by atoms with Crippen molar-refractivity contribution in [3.05, 3.63) is 108 Å². The maximum Gasteiger partial charge on any atom is 0.233 e. The second-order valence-corrected chi connectivity index (χ2v) is 11.6. The summed E-state index contributed by atoms with van der Waals surface area (Å²) in [6.45, 7) is 7.19. The van der Waals surface area contributed by atoms with Crippen LogP contribution in [-0.4, -0.2) is 69.8 Å². The van der Waals surface area contributed by atoms with Gasteiger partial charge in [0.05, 0.1) is 23.0 Å². The molecule has 6 rings (SSSR count). The van der Waals surface area contributed by atoms with Gasteiger partial charge in [-0.05, 0) is 55.5 Å². The van der Waals surface area contributed by atoms with Crippen LogP contribution < -0.4 is 4.90 Å². The Morgan fingerprint density at radius 2 is 1.57 bits per heavy atom. The number of piperidine rings is 1. The SMILES string of the molecule is CC1CCN(Cc2ccccc2)CCN1C(=O)C1(c2ccccc2)CCN(c2cnnc(-c3ccccc3O)c2)CC1. The number of hydrogen-bond donors (Lipinski definition) is 1. The van der Waals surface area contributed by atoms with Crippen LogP contribution in [0, 0.1) is 0 Å². The molecule has 1 amide bonds. The highest BCUT2D eigenvalue weighted by Gasteiger charge is 2.46. The number of nitrogens with zero attached hydrogens (tertiary/aromatic N) is 5. The summed E-state index contributed by atoms with van der Waals surface area (Å²) in [5.74, 6) is 0.440. The van der Waals surface area contributed by atoms with Crippen molar-refractivity contribution in [2.75, 3.05) is 37.6 Å². The molecule has 4 aromatic rings. The first-order valence-corrected chi connectivity index (χ1v) is 15.0. The van der Waals surface area contributed by atoms with Gasteiger partial charge >= 0.3 is 0 Å². The number of phenolic OH excluding ortho intramolecular Hbond substituents is 1. The lowest BCUT2D eigenvalue weighted by Crippen LogP contribution is -2.55. The molecule has 0 spiro atoms. The number of aromatic hydroxyl groups is 1. The Labute approximate surface area is 248 Å². The predicted molar refractivity (Wildman–Crippen MR) is 166 cm³/mol. The number of carbonyl (C=O) groups excluding carboxylic acids is 1. The molecular formula is C35H39N5O2. The fraction of sp³-hybridized carbons (Fsp3) is 0.343. The molecule has 1 aromatic heterocycles. The lowest BCUT2D eigenvalue weighted by molar-refractivity contribution is -0.140. The molecule has 1 unspecified atom stereocenters. The summed E-state index contributed by atoms with van der Waals surface area (Å²) in [7, 11) is 0. The van der Waals surface area contributed by atoms with E-state index in [1.54, 1.807) is 18.3 Å². The summed E-state index contributed by atoms with van der Waals surface area (Å²) in [6.07, 6.45) is 4.19. The Bertz CT molecular complexity index is 1490. The van der Waals surface area contributed by atoms with Crippen LogP contribution in [0.15, 0.2) is 97.2 Å². The molecule has 0 bridgehead atoms. The Kier molecular flexibility index (Phi) is 8.20. The topological polar surface area (TPSA) is 72.8 Å². The number of anilines is 1. The fourth-order valence-corrected chi connectivity index (χ4v) is 6.56. The molecule has 42 heavy (non-hydrogen) atoms. The molecule has 7 nitrogen and oxygen atoms in total. The lowest BCUT2D eigenvalue weighted by atomic mass is 9.71. The van der Waals surface area contributed by atoms with Crippen LogP contribution in [0.1, 0.15) is 37.3 Å². The number of hydrogen-bond acceptors (Lipinski definition) is 6. The van der Waals surface area contributed by atoms with Gasteiger partial charge in [0.15, 0.2) is 0 Å². The van der Waals surface area contributed by atoms with Crippen LogP contribution in [0.3, 0.4) is 0 Å². The number of aromatic nitrogens is 2. The molecule has 3 heterocycles. The van der Waals surface area contributed by atoms with Gasteiger partial charge in [-0.3, -0.25) is 9.69 Å². The summed E-state index contributed by atoms with van der Waals surface area (Å²) in [6, 6.07) is 30.3. The third-order valence-electron chi connectivity index (χ3n) is 9.10. The summed E-state index contributed by atoms with van der Waals surface area (Å²) in [5.41, 5.74) is 4.11. The van der Waals surface area contributed by atoms with E-state index in [1.807, 2.05) is 24.3 Å². The van der Waals surface area contributed by atoms with E-state index in [2.05, 4.69) is 86.4 Å². The molecule has 7 heteroatoms. The lowest BCUT2D eigenvalue weighted by Gasteiger charge is -2.45. The monoisotopic (exact) mass is 561 g/mol. The number of benzene rings is 3. The number of phenols is 1. The minimum atomic E-state index is -0.568. The van der Waals surface area contributed by atoms with Gasteiger partial charge in [-0.1, -0.05) is 72.8 Å². The quantitative estimate of drug-likeness (QED) is 0.335. The van der Waals surface area contributed by atoms with Crippen LogP contribution in [0.5, 0.6) is 5.75 Å². The average molecular weight is 562 g/mol. The molecule has 3 aromatic carbocycles. The zero-order chi connectivity index (χ0) is 28.9. The molecule has 2 aliphatic heterocycles. The van der Waals surface area contributed by atoms with Crippen molar-refractivity contribution in [3.63, 3.8) is 0 Å². The van der Waals surface area contributed by atoms with Crippen molar-refractivity contribution < 1.29 is 9.90 Å². The summed E-state index contributed by atoms with van der Waals surface area (Å²) in [4.78, 5) is 21.6. The summed E-state index contributed by atoms with van der Waals surface area (Å²) in [5, 5.41) is 18.9. The maximum absolute atomic E-state index is 14.7. The Hall–Kier alpha value is -4.23. The van der Waals surface area contributed by atoms with E-state index in [-0.39, 0.29) is 17.7 Å². The van der Waals surface area contributed by atoms with E-state index in [1.165, 1.54) is 5.56 Å². The first kappa shape index (κ1) is 27.9. The minimum absolute atomic E-state index is 0.183. The van der Waals surface area contributed by atoms with Crippen molar-refractivity contribution in [2.45, 2.75) is 44.2 Å². The minimum Gasteiger partial charge on any atom is -0.507 e. The molecule has 1 atom stereocenters. The number of para-hydroxylation sites is 1. The van der Waals surface area contributed by atoms with Crippen LogP contribution in [0.2, 0.25) is 0 Å². The first-order valence-electron chi connectivity index (χ1n) is 15.0. The zero-order valence-electron chi connectivity index (χ0n) is 24.3. The van der Waals surface area contributed by atoms with Crippen molar-refractivity contribution in [1.29, 1.82) is 0 Å². The van der Waals surface area contributed by atoms with Gasteiger partial charge in [0.2, 0.25) is 5.91 Å². The zero-order valence-corrected chi connectivity index (χ0v) is 24.3. The van der Waals surface area contributed by atoms with Gasteiger partial charge in [-0.25, -0.2) is 0 Å². The number of carbonyl (C=O) groups is 1. The summed E-state index contributed by atoms with van der Waals surface area (Å²) >= 11 is 0. The Morgan fingerprint density at radius 1 is 0.881 bits per heavy atom. The van der Waals surface area contributed by atoms with Gasteiger partial charge < -0.3 is 14.9 Å². The van der Waals surface area contributed by atoms with Crippen LogP contribution in [0.25, 0.3) is 11.3 Å². The molecule has 2 saturated heterocycles. The Morgan fingerprint density at radius 3 is 2.31 bits per heavy atom. The van der Waals surface area contributed by atoms with Crippen LogP contribution >= 0.6 is 0 Å². The van der Waals surface area contributed by atoms with Crippen molar-refractivity contribution in [3.8, 4) is 17.0 Å². The highest BCUT2D eigenvalue weighted by atomic mass is 16.3. The predicted octanol–water partition coefficient (Wildman–Crippen LogP) is 5.51. The third kappa shape index (κ3) is 5.74. The van der Waals surface area contributed by atoms with Gasteiger partial charge in [0.25, 0.3) is 0 Å². The van der Waals surface area contributed by atoms with E-state index < -0.39 is 5.41 Å². The van der Waals surface area contributed by atoms with Gasteiger partial charge in [-0.15, -0.1) is 0 Å². The van der Waals surface area contributed by atoms with E-state index in [0.29, 0.717) is 11.3 Å². The second-order valence-electron chi connectivity index (χ2n) is 11.6.